The Balaban J connectivity index is 2.00. The third-order valence-corrected chi connectivity index (χ3v) is 5.82. The molecular formula is C14H20N2O5S. The van der Waals surface area contributed by atoms with Crippen LogP contribution in [0, 0.1) is 16.0 Å². The molecular weight excluding hydrogens is 308 g/mol. The molecule has 122 valence electrons. The van der Waals surface area contributed by atoms with Crippen LogP contribution in [0.25, 0.3) is 0 Å². The number of nitro groups is 1. The second kappa shape index (κ2) is 7.17. The summed E-state index contributed by atoms with van der Waals surface area (Å²) in [5.74, 6) is 0.489. The van der Waals surface area contributed by atoms with Crippen molar-refractivity contribution >= 4 is 15.7 Å². The third kappa shape index (κ3) is 4.02. The zero-order valence-electron chi connectivity index (χ0n) is 12.5. The second-order valence-electron chi connectivity index (χ2n) is 5.42. The molecule has 1 aliphatic heterocycles. The summed E-state index contributed by atoms with van der Waals surface area (Å²) >= 11 is 0. The standard InChI is InChI=1S/C14H20N2O5S/c1-15(9-6-12-7-10-21-11-8-12)22(19,20)14-4-2-13(3-5-14)16(17)18/h2-5,12H,6-11H2,1H3. The van der Waals surface area contributed by atoms with Gasteiger partial charge in [0, 0.05) is 38.9 Å². The second-order valence-corrected chi connectivity index (χ2v) is 7.47. The molecule has 1 heterocycles. The summed E-state index contributed by atoms with van der Waals surface area (Å²) in [6.45, 7) is 1.91. The largest absolute Gasteiger partial charge is 0.381 e. The SMILES string of the molecule is CN(CCC1CCOCC1)S(=O)(=O)c1ccc([N+](=O)[O-])cc1. The lowest BCUT2D eigenvalue weighted by Crippen LogP contribution is -2.30. The summed E-state index contributed by atoms with van der Waals surface area (Å²) in [6, 6.07) is 4.97. The molecule has 7 nitrogen and oxygen atoms in total. The molecule has 1 saturated heterocycles. The van der Waals surface area contributed by atoms with E-state index in [-0.39, 0.29) is 10.6 Å². The molecule has 0 atom stereocenters. The van der Waals surface area contributed by atoms with E-state index in [4.69, 9.17) is 4.74 Å². The molecule has 1 fully saturated rings. The van der Waals surface area contributed by atoms with E-state index in [0.717, 1.165) is 32.5 Å². The molecule has 1 aliphatic rings. The fourth-order valence-corrected chi connectivity index (χ4v) is 3.63. The van der Waals surface area contributed by atoms with Gasteiger partial charge in [0.1, 0.15) is 0 Å². The number of non-ortho nitro benzene ring substituents is 1. The van der Waals surface area contributed by atoms with Crippen LogP contribution < -0.4 is 0 Å². The van der Waals surface area contributed by atoms with E-state index in [2.05, 4.69) is 0 Å². The van der Waals surface area contributed by atoms with Gasteiger partial charge >= 0.3 is 0 Å². The smallest absolute Gasteiger partial charge is 0.269 e. The Morgan fingerprint density at radius 1 is 1.27 bits per heavy atom. The first-order valence-corrected chi connectivity index (χ1v) is 8.64. The van der Waals surface area contributed by atoms with Crippen LogP contribution in [0.4, 0.5) is 5.69 Å². The van der Waals surface area contributed by atoms with Gasteiger partial charge in [0.2, 0.25) is 10.0 Å². The van der Waals surface area contributed by atoms with E-state index in [9.17, 15) is 18.5 Å². The number of ether oxygens (including phenoxy) is 1. The summed E-state index contributed by atoms with van der Waals surface area (Å²) in [5, 5.41) is 10.6. The van der Waals surface area contributed by atoms with E-state index < -0.39 is 14.9 Å². The number of nitrogens with zero attached hydrogens (tertiary/aromatic N) is 2. The normalized spacial score (nSPS) is 16.8. The molecule has 0 radical (unpaired) electrons. The number of hydrogen-bond acceptors (Lipinski definition) is 5. The minimum absolute atomic E-state index is 0.0765. The van der Waals surface area contributed by atoms with Gasteiger partial charge in [-0.2, -0.15) is 0 Å². The summed E-state index contributed by atoms with van der Waals surface area (Å²) in [7, 11) is -2.07. The monoisotopic (exact) mass is 328 g/mol. The lowest BCUT2D eigenvalue weighted by Gasteiger charge is -2.24. The van der Waals surface area contributed by atoms with Gasteiger partial charge in [0.05, 0.1) is 9.82 Å². The highest BCUT2D eigenvalue weighted by molar-refractivity contribution is 7.89. The zero-order valence-corrected chi connectivity index (χ0v) is 13.3. The van der Waals surface area contributed by atoms with Crippen molar-refractivity contribution in [2.45, 2.75) is 24.2 Å². The predicted octanol–water partition coefficient (Wildman–Crippen LogP) is 2.03. The van der Waals surface area contributed by atoms with E-state index in [1.54, 1.807) is 0 Å². The van der Waals surface area contributed by atoms with Crippen LogP contribution in [0.3, 0.4) is 0 Å². The molecule has 2 rings (SSSR count). The van der Waals surface area contributed by atoms with Crippen molar-refractivity contribution in [3.05, 3.63) is 34.4 Å². The lowest BCUT2D eigenvalue weighted by atomic mass is 9.97. The van der Waals surface area contributed by atoms with Gasteiger partial charge in [-0.15, -0.1) is 0 Å². The Bertz CT molecular complexity index is 609. The quantitative estimate of drug-likeness (QED) is 0.589. The van der Waals surface area contributed by atoms with Gasteiger partial charge < -0.3 is 4.74 Å². The molecule has 1 aromatic carbocycles. The van der Waals surface area contributed by atoms with Gasteiger partial charge in [-0.05, 0) is 37.3 Å². The molecule has 0 bridgehead atoms. The Morgan fingerprint density at radius 3 is 2.41 bits per heavy atom. The molecule has 0 spiro atoms. The van der Waals surface area contributed by atoms with Gasteiger partial charge in [-0.25, -0.2) is 12.7 Å². The van der Waals surface area contributed by atoms with Crippen LogP contribution in [0.1, 0.15) is 19.3 Å². The maximum Gasteiger partial charge on any atom is 0.269 e. The lowest BCUT2D eigenvalue weighted by molar-refractivity contribution is -0.384. The summed E-state index contributed by atoms with van der Waals surface area (Å²) < 4.78 is 31.4. The van der Waals surface area contributed by atoms with Gasteiger partial charge in [0.25, 0.3) is 5.69 Å². The van der Waals surface area contributed by atoms with Gasteiger partial charge in [0.15, 0.2) is 0 Å². The molecule has 0 saturated carbocycles. The average molecular weight is 328 g/mol. The molecule has 0 aromatic heterocycles. The van der Waals surface area contributed by atoms with Crippen molar-refractivity contribution in [3.8, 4) is 0 Å². The molecule has 0 unspecified atom stereocenters. The Kier molecular flexibility index (Phi) is 5.49. The third-order valence-electron chi connectivity index (χ3n) is 3.95. The predicted molar refractivity (Wildman–Crippen MR) is 81.1 cm³/mol. The molecule has 0 aliphatic carbocycles. The minimum atomic E-state index is -3.60. The van der Waals surface area contributed by atoms with Crippen molar-refractivity contribution in [3.63, 3.8) is 0 Å². The fraction of sp³-hybridized carbons (Fsp3) is 0.571. The maximum absolute atomic E-state index is 12.4. The van der Waals surface area contributed by atoms with Crippen molar-refractivity contribution in [1.82, 2.24) is 4.31 Å². The van der Waals surface area contributed by atoms with Crippen LogP contribution in [0.2, 0.25) is 0 Å². The number of sulfonamides is 1. The minimum Gasteiger partial charge on any atom is -0.381 e. The molecule has 22 heavy (non-hydrogen) atoms. The van der Waals surface area contributed by atoms with Crippen molar-refractivity contribution in [1.29, 1.82) is 0 Å². The number of hydrogen-bond donors (Lipinski definition) is 0. The highest BCUT2D eigenvalue weighted by atomic mass is 32.2. The summed E-state index contributed by atoms with van der Waals surface area (Å²) in [5.41, 5.74) is -0.121. The first-order valence-electron chi connectivity index (χ1n) is 7.20. The first-order chi connectivity index (χ1) is 10.4. The van der Waals surface area contributed by atoms with Crippen molar-refractivity contribution in [2.24, 2.45) is 5.92 Å². The van der Waals surface area contributed by atoms with E-state index in [1.807, 2.05) is 0 Å². The van der Waals surface area contributed by atoms with Gasteiger partial charge in [-0.1, -0.05) is 0 Å². The maximum atomic E-state index is 12.4. The van der Waals surface area contributed by atoms with E-state index >= 15 is 0 Å². The highest BCUT2D eigenvalue weighted by Crippen LogP contribution is 2.22. The molecule has 1 aromatic rings. The van der Waals surface area contributed by atoms with Crippen LogP contribution in [0.15, 0.2) is 29.2 Å². The van der Waals surface area contributed by atoms with Crippen LogP contribution in [-0.4, -0.2) is 44.5 Å². The number of benzene rings is 1. The van der Waals surface area contributed by atoms with Crippen LogP contribution >= 0.6 is 0 Å². The zero-order chi connectivity index (χ0) is 16.2. The average Bonchev–Trinajstić information content (AvgIpc) is 2.53. The van der Waals surface area contributed by atoms with Crippen LogP contribution in [-0.2, 0) is 14.8 Å². The summed E-state index contributed by atoms with van der Waals surface area (Å²) in [4.78, 5) is 10.1. The molecule has 0 N–H and O–H groups in total. The van der Waals surface area contributed by atoms with Gasteiger partial charge in [-0.3, -0.25) is 10.1 Å². The number of nitro benzene ring substituents is 1. The van der Waals surface area contributed by atoms with Crippen LogP contribution in [0.5, 0.6) is 0 Å². The van der Waals surface area contributed by atoms with E-state index in [0.29, 0.717) is 12.5 Å². The Morgan fingerprint density at radius 2 is 1.86 bits per heavy atom. The Labute approximate surface area is 130 Å². The van der Waals surface area contributed by atoms with E-state index in [1.165, 1.54) is 35.6 Å². The topological polar surface area (TPSA) is 89.8 Å². The number of rotatable bonds is 6. The van der Waals surface area contributed by atoms with Crippen molar-refractivity contribution in [2.75, 3.05) is 26.8 Å². The van der Waals surface area contributed by atoms with Crippen molar-refractivity contribution < 1.29 is 18.1 Å². The molecule has 0 amide bonds. The Hall–Kier alpha value is -1.51. The molecule has 8 heteroatoms. The highest BCUT2D eigenvalue weighted by Gasteiger charge is 2.23. The summed E-state index contributed by atoms with van der Waals surface area (Å²) in [6.07, 6.45) is 2.73. The first kappa shape index (κ1) is 16.9. The fourth-order valence-electron chi connectivity index (χ4n) is 2.44.